The molecule has 0 aliphatic carbocycles. The van der Waals surface area contributed by atoms with Crippen molar-refractivity contribution >= 4 is 11.8 Å². The molecule has 0 bridgehead atoms. The van der Waals surface area contributed by atoms with Gasteiger partial charge in [-0.15, -0.1) is 11.8 Å². The number of aryl methyl sites for hydroxylation is 1. The van der Waals surface area contributed by atoms with Crippen LogP contribution in [0.25, 0.3) is 0 Å². The number of nitrogens with zero attached hydrogens (tertiary/aromatic N) is 1. The zero-order valence-electron chi connectivity index (χ0n) is 13.7. The van der Waals surface area contributed by atoms with Gasteiger partial charge in [-0.3, -0.25) is 0 Å². The summed E-state index contributed by atoms with van der Waals surface area (Å²) in [5.74, 6) is 1.07. The lowest BCUT2D eigenvalue weighted by Gasteiger charge is -2.07. The molecule has 0 radical (unpaired) electrons. The maximum atomic E-state index is 2.26. The Morgan fingerprint density at radius 2 is 1.90 bits per heavy atom. The van der Waals surface area contributed by atoms with Gasteiger partial charge in [0.05, 0.1) is 0 Å². The summed E-state index contributed by atoms with van der Waals surface area (Å²) in [5.41, 5.74) is 2.86. The first-order valence-electron chi connectivity index (χ1n) is 7.51. The lowest BCUT2D eigenvalue weighted by atomic mass is 10.1. The van der Waals surface area contributed by atoms with Crippen molar-refractivity contribution in [3.8, 4) is 0 Å². The van der Waals surface area contributed by atoms with Gasteiger partial charge < -0.3 is 4.90 Å². The monoisotopic (exact) mass is 301 g/mol. The molecule has 1 aromatic carbocycles. The molecular formula is C19H27NS. The summed E-state index contributed by atoms with van der Waals surface area (Å²) in [6.07, 6.45) is 13.0. The normalized spacial score (nSPS) is 12.5. The molecule has 1 aromatic rings. The molecule has 2 heteroatoms. The summed E-state index contributed by atoms with van der Waals surface area (Å²) < 4.78 is 0. The van der Waals surface area contributed by atoms with Crippen LogP contribution in [-0.4, -0.2) is 24.7 Å². The van der Waals surface area contributed by atoms with Gasteiger partial charge >= 0.3 is 0 Å². The van der Waals surface area contributed by atoms with Crippen LogP contribution >= 0.6 is 11.8 Å². The molecule has 0 spiro atoms. The summed E-state index contributed by atoms with van der Waals surface area (Å²) in [6, 6.07) is 8.60. The zero-order chi connectivity index (χ0) is 15.5. The fraction of sp³-hybridized carbons (Fsp3) is 0.368. The first-order valence-corrected chi connectivity index (χ1v) is 8.49. The highest BCUT2D eigenvalue weighted by Gasteiger charge is 2.00. The van der Waals surface area contributed by atoms with E-state index < -0.39 is 0 Å². The highest BCUT2D eigenvalue weighted by Crippen LogP contribution is 2.25. The van der Waals surface area contributed by atoms with E-state index in [4.69, 9.17) is 0 Å². The average molecular weight is 301 g/mol. The second-order valence-corrected chi connectivity index (χ2v) is 6.34. The third-order valence-corrected chi connectivity index (χ3v) is 4.30. The van der Waals surface area contributed by atoms with Crippen LogP contribution in [0.2, 0.25) is 0 Å². The summed E-state index contributed by atoms with van der Waals surface area (Å²) in [5, 5.41) is 0. The summed E-state index contributed by atoms with van der Waals surface area (Å²) in [6.45, 7) is 4.42. The Kier molecular flexibility index (Phi) is 8.68. The Labute approximate surface area is 134 Å². The van der Waals surface area contributed by atoms with E-state index in [1.54, 1.807) is 0 Å². The van der Waals surface area contributed by atoms with Crippen LogP contribution in [0, 0.1) is 6.92 Å². The van der Waals surface area contributed by atoms with Crippen molar-refractivity contribution in [2.75, 3.05) is 19.8 Å². The minimum Gasteiger partial charge on any atom is -0.383 e. The minimum atomic E-state index is 1.07. The molecule has 0 atom stereocenters. The molecule has 0 amide bonds. The van der Waals surface area contributed by atoms with Crippen LogP contribution in [-0.2, 0) is 0 Å². The molecule has 1 nitrogen and oxygen atoms in total. The van der Waals surface area contributed by atoms with Crippen molar-refractivity contribution in [1.82, 2.24) is 4.90 Å². The predicted octanol–water partition coefficient (Wildman–Crippen LogP) is 5.45. The Hall–Kier alpha value is -1.41. The molecular weight excluding hydrogens is 274 g/mol. The number of rotatable bonds is 8. The van der Waals surface area contributed by atoms with Gasteiger partial charge in [0, 0.05) is 24.7 Å². The molecule has 0 aromatic heterocycles. The molecule has 0 fully saturated rings. The van der Waals surface area contributed by atoms with Crippen molar-refractivity contribution in [2.45, 2.75) is 31.6 Å². The highest BCUT2D eigenvalue weighted by atomic mass is 32.2. The van der Waals surface area contributed by atoms with E-state index in [-0.39, 0.29) is 0 Å². The summed E-state index contributed by atoms with van der Waals surface area (Å²) in [4.78, 5) is 3.42. The molecule has 0 saturated heterocycles. The maximum absolute atomic E-state index is 2.26. The summed E-state index contributed by atoms with van der Waals surface area (Å²) in [7, 11) is 4.06. The predicted molar refractivity (Wildman–Crippen MR) is 96.9 cm³/mol. The van der Waals surface area contributed by atoms with Gasteiger partial charge in [0.15, 0.2) is 0 Å². The molecule has 0 unspecified atom stereocenters. The van der Waals surface area contributed by atoms with E-state index in [2.05, 4.69) is 62.4 Å². The second-order valence-electron chi connectivity index (χ2n) is 5.32. The lowest BCUT2D eigenvalue weighted by Crippen LogP contribution is -1.99. The number of hydrogen-bond donors (Lipinski definition) is 0. The Morgan fingerprint density at radius 1 is 1.14 bits per heavy atom. The largest absolute Gasteiger partial charge is 0.383 e. The van der Waals surface area contributed by atoms with Crippen molar-refractivity contribution in [1.29, 1.82) is 0 Å². The van der Waals surface area contributed by atoms with Gasteiger partial charge in [0.1, 0.15) is 0 Å². The van der Waals surface area contributed by atoms with Gasteiger partial charge in [-0.2, -0.15) is 0 Å². The van der Waals surface area contributed by atoms with E-state index in [0.29, 0.717) is 0 Å². The molecule has 21 heavy (non-hydrogen) atoms. The smallest absolute Gasteiger partial charge is 0.0193 e. The lowest BCUT2D eigenvalue weighted by molar-refractivity contribution is 0.564. The first kappa shape index (κ1) is 17.6. The average Bonchev–Trinajstić information content (AvgIpc) is 2.45. The van der Waals surface area contributed by atoms with Gasteiger partial charge in [-0.05, 0) is 37.3 Å². The van der Waals surface area contributed by atoms with E-state index in [1.165, 1.54) is 28.9 Å². The molecule has 1 rings (SSSR count). The second kappa shape index (κ2) is 10.3. The molecule has 0 aliphatic rings. The van der Waals surface area contributed by atoms with Gasteiger partial charge in [-0.1, -0.05) is 55.3 Å². The number of allylic oxidation sites excluding steroid dienone is 4. The van der Waals surface area contributed by atoms with E-state index in [1.807, 2.05) is 37.0 Å². The van der Waals surface area contributed by atoms with E-state index >= 15 is 0 Å². The maximum Gasteiger partial charge on any atom is 0.0193 e. The number of hydrogen-bond acceptors (Lipinski definition) is 2. The quantitative estimate of drug-likeness (QED) is 0.464. The third-order valence-electron chi connectivity index (χ3n) is 3.02. The van der Waals surface area contributed by atoms with Crippen LogP contribution in [0.4, 0.5) is 0 Å². The first-order chi connectivity index (χ1) is 10.1. The fourth-order valence-corrected chi connectivity index (χ4v) is 2.94. The Bertz CT molecular complexity index is 498. The van der Waals surface area contributed by atoms with Gasteiger partial charge in [0.2, 0.25) is 0 Å². The summed E-state index contributed by atoms with van der Waals surface area (Å²) >= 11 is 1.94. The van der Waals surface area contributed by atoms with E-state index in [9.17, 15) is 0 Å². The SMILES string of the molecule is CCC\C(=C/C=C/C=C/N(C)C)CSc1ccccc1C. The van der Waals surface area contributed by atoms with Crippen LogP contribution in [0.1, 0.15) is 25.3 Å². The van der Waals surface area contributed by atoms with Crippen LogP contribution in [0.15, 0.2) is 65.2 Å². The zero-order valence-corrected chi connectivity index (χ0v) is 14.5. The van der Waals surface area contributed by atoms with E-state index in [0.717, 1.165) is 5.75 Å². The number of thioether (sulfide) groups is 1. The van der Waals surface area contributed by atoms with Crippen molar-refractivity contribution in [3.63, 3.8) is 0 Å². The third kappa shape index (κ3) is 7.81. The fourth-order valence-electron chi connectivity index (χ4n) is 1.89. The van der Waals surface area contributed by atoms with Crippen LogP contribution in [0.5, 0.6) is 0 Å². The topological polar surface area (TPSA) is 3.24 Å². The van der Waals surface area contributed by atoms with Crippen molar-refractivity contribution in [2.24, 2.45) is 0 Å². The van der Waals surface area contributed by atoms with Crippen LogP contribution < -0.4 is 0 Å². The minimum absolute atomic E-state index is 1.07. The van der Waals surface area contributed by atoms with Crippen molar-refractivity contribution < 1.29 is 0 Å². The van der Waals surface area contributed by atoms with Crippen molar-refractivity contribution in [3.05, 3.63) is 65.9 Å². The molecule has 0 N–H and O–H groups in total. The molecule has 0 saturated carbocycles. The van der Waals surface area contributed by atoms with Gasteiger partial charge in [0.25, 0.3) is 0 Å². The van der Waals surface area contributed by atoms with Gasteiger partial charge in [-0.25, -0.2) is 0 Å². The number of benzene rings is 1. The Balaban J connectivity index is 2.59. The molecule has 0 aliphatic heterocycles. The standard InChI is InChI=1S/C19H27NS/c1-5-11-18(13-7-6-10-15-20(3)4)16-21-19-14-9-8-12-17(19)2/h6-10,12-15H,5,11,16H2,1-4H3/b7-6+,15-10+,18-13+. The molecule has 114 valence electrons. The molecule has 0 heterocycles. The highest BCUT2D eigenvalue weighted by molar-refractivity contribution is 7.99. The van der Waals surface area contributed by atoms with Crippen LogP contribution in [0.3, 0.4) is 0 Å². The Morgan fingerprint density at radius 3 is 2.57 bits per heavy atom.